The van der Waals surface area contributed by atoms with Gasteiger partial charge in [-0.05, 0) is 50.1 Å². The first-order valence-electron chi connectivity index (χ1n) is 10.1. The number of carbonyl (C=O) groups excluding carboxylic acids is 2. The van der Waals surface area contributed by atoms with E-state index >= 15 is 0 Å². The molecular weight excluding hydrogens is 410 g/mol. The first-order valence-corrected chi connectivity index (χ1v) is 10.1. The largest absolute Gasteiger partial charge is 0.492 e. The number of nitrogens with zero attached hydrogens (tertiary/aromatic N) is 2. The molecule has 0 radical (unpaired) electrons. The lowest BCUT2D eigenvalue weighted by Gasteiger charge is -2.13. The molecule has 0 atom stereocenters. The molecule has 0 saturated heterocycles. The van der Waals surface area contributed by atoms with E-state index in [1.54, 1.807) is 12.1 Å². The van der Waals surface area contributed by atoms with Crippen LogP contribution in [0.25, 0.3) is 0 Å². The number of amides is 1. The van der Waals surface area contributed by atoms with Crippen molar-refractivity contribution in [3.8, 4) is 5.75 Å². The van der Waals surface area contributed by atoms with Gasteiger partial charge in [-0.1, -0.05) is 35.9 Å². The fourth-order valence-electron chi connectivity index (χ4n) is 3.24. The summed E-state index contributed by atoms with van der Waals surface area (Å²) in [6.45, 7) is 5.66. The Kier molecular flexibility index (Phi) is 7.38. The van der Waals surface area contributed by atoms with E-state index in [0.29, 0.717) is 11.4 Å². The van der Waals surface area contributed by atoms with E-state index in [4.69, 9.17) is 9.47 Å². The van der Waals surface area contributed by atoms with Crippen molar-refractivity contribution in [1.29, 1.82) is 0 Å². The van der Waals surface area contributed by atoms with Gasteiger partial charge >= 0.3 is 5.97 Å². The van der Waals surface area contributed by atoms with Crippen LogP contribution in [0.5, 0.6) is 5.75 Å². The van der Waals surface area contributed by atoms with Crippen molar-refractivity contribution in [2.24, 2.45) is 0 Å². The molecule has 1 amide bonds. The molecule has 0 bridgehead atoms. The molecule has 1 N–H and O–H groups in total. The molecular formula is C24H25N3O5. The number of ether oxygens (including phenoxy) is 2. The van der Waals surface area contributed by atoms with Gasteiger partial charge in [0.1, 0.15) is 12.4 Å². The number of hydrogen-bond acceptors (Lipinski definition) is 6. The van der Waals surface area contributed by atoms with Crippen molar-refractivity contribution in [3.05, 3.63) is 87.3 Å². The Balaban J connectivity index is 1.56. The third-order valence-corrected chi connectivity index (χ3v) is 4.67. The van der Waals surface area contributed by atoms with Gasteiger partial charge in [0.15, 0.2) is 12.3 Å². The van der Waals surface area contributed by atoms with Crippen molar-refractivity contribution in [3.63, 3.8) is 0 Å². The van der Waals surface area contributed by atoms with E-state index in [1.807, 2.05) is 51.1 Å². The number of anilines is 1. The summed E-state index contributed by atoms with van der Waals surface area (Å²) in [6.07, 6.45) is 0. The number of hydrogen-bond donors (Lipinski definition) is 1. The second kappa shape index (κ2) is 10.4. The first-order chi connectivity index (χ1) is 15.3. The van der Waals surface area contributed by atoms with Crippen LogP contribution < -0.4 is 15.6 Å². The summed E-state index contributed by atoms with van der Waals surface area (Å²) in [4.78, 5) is 36.6. The minimum absolute atomic E-state index is 0.0696. The van der Waals surface area contributed by atoms with Gasteiger partial charge in [0.2, 0.25) is 0 Å². The monoisotopic (exact) mass is 435 g/mol. The zero-order chi connectivity index (χ0) is 23.1. The number of esters is 1. The lowest BCUT2D eigenvalue weighted by molar-refractivity contribution is -0.119. The fourth-order valence-corrected chi connectivity index (χ4v) is 3.24. The Hall–Kier alpha value is -3.94. The van der Waals surface area contributed by atoms with Gasteiger partial charge in [-0.3, -0.25) is 9.59 Å². The maximum atomic E-state index is 12.3. The van der Waals surface area contributed by atoms with E-state index in [0.717, 1.165) is 21.4 Å². The maximum absolute atomic E-state index is 12.3. The van der Waals surface area contributed by atoms with Crippen LogP contribution in [0.2, 0.25) is 0 Å². The van der Waals surface area contributed by atoms with Crippen molar-refractivity contribution in [2.75, 3.05) is 18.5 Å². The summed E-state index contributed by atoms with van der Waals surface area (Å²) < 4.78 is 11.8. The number of nitrogens with one attached hydrogen (secondary N) is 1. The van der Waals surface area contributed by atoms with Crippen molar-refractivity contribution in [2.45, 2.75) is 27.3 Å². The van der Waals surface area contributed by atoms with Gasteiger partial charge in [0, 0.05) is 11.8 Å². The third-order valence-electron chi connectivity index (χ3n) is 4.67. The number of aromatic nitrogens is 2. The molecule has 1 aromatic heterocycles. The van der Waals surface area contributed by atoms with Crippen molar-refractivity contribution in [1.82, 2.24) is 9.78 Å². The van der Waals surface area contributed by atoms with Crippen LogP contribution >= 0.6 is 0 Å². The molecule has 2 aromatic carbocycles. The van der Waals surface area contributed by atoms with Gasteiger partial charge in [-0.25, -0.2) is 9.48 Å². The summed E-state index contributed by atoms with van der Waals surface area (Å²) in [5.74, 6) is -0.589. The average Bonchev–Trinajstić information content (AvgIpc) is 2.76. The molecule has 166 valence electrons. The minimum atomic E-state index is -0.796. The molecule has 8 nitrogen and oxygen atoms in total. The van der Waals surface area contributed by atoms with Crippen LogP contribution in [0.1, 0.15) is 27.2 Å². The molecule has 8 heteroatoms. The van der Waals surface area contributed by atoms with E-state index in [2.05, 4.69) is 10.4 Å². The van der Waals surface area contributed by atoms with E-state index < -0.39 is 18.5 Å². The van der Waals surface area contributed by atoms with Crippen LogP contribution in [0.3, 0.4) is 0 Å². The summed E-state index contributed by atoms with van der Waals surface area (Å²) in [5.41, 5.74) is 3.20. The topological polar surface area (TPSA) is 99.5 Å². The molecule has 0 aliphatic heterocycles. The molecule has 3 aromatic rings. The smallest absolute Gasteiger partial charge is 0.359 e. The summed E-state index contributed by atoms with van der Waals surface area (Å²) in [6, 6.07) is 15.6. The molecule has 0 aliphatic rings. The van der Waals surface area contributed by atoms with Gasteiger partial charge in [-0.2, -0.15) is 5.10 Å². The standard InChI is InChI=1S/C24H25N3O5/c1-16-13-17(2)23(18(3)14-16)25-21(28)15-32-24(30)20-9-10-22(29)27(26-20)11-12-31-19-7-5-4-6-8-19/h4-10,13-14H,11-12,15H2,1-3H3,(H,25,28). The predicted molar refractivity (Wildman–Crippen MR) is 120 cm³/mol. The lowest BCUT2D eigenvalue weighted by Crippen LogP contribution is -2.28. The summed E-state index contributed by atoms with van der Waals surface area (Å²) >= 11 is 0. The van der Waals surface area contributed by atoms with Crippen molar-refractivity contribution >= 4 is 17.6 Å². The Morgan fingerprint density at radius 1 is 1.00 bits per heavy atom. The minimum Gasteiger partial charge on any atom is -0.492 e. The number of aryl methyl sites for hydroxylation is 3. The lowest BCUT2D eigenvalue weighted by atomic mass is 10.1. The average molecular weight is 435 g/mol. The van der Waals surface area contributed by atoms with E-state index in [1.165, 1.54) is 12.1 Å². The van der Waals surface area contributed by atoms with Crippen molar-refractivity contribution < 1.29 is 19.1 Å². The van der Waals surface area contributed by atoms with E-state index in [-0.39, 0.29) is 24.4 Å². The van der Waals surface area contributed by atoms with Crippen LogP contribution in [0, 0.1) is 20.8 Å². The third kappa shape index (κ3) is 6.04. The van der Waals surface area contributed by atoms with Crippen LogP contribution in [0.15, 0.2) is 59.4 Å². The van der Waals surface area contributed by atoms with Gasteiger partial charge in [0.05, 0.1) is 6.54 Å². The van der Waals surface area contributed by atoms with Gasteiger partial charge < -0.3 is 14.8 Å². The normalized spacial score (nSPS) is 10.5. The Morgan fingerprint density at radius 3 is 2.38 bits per heavy atom. The van der Waals surface area contributed by atoms with Gasteiger partial charge in [-0.15, -0.1) is 0 Å². The van der Waals surface area contributed by atoms with Crippen LogP contribution in [0.4, 0.5) is 5.69 Å². The highest BCUT2D eigenvalue weighted by Gasteiger charge is 2.15. The maximum Gasteiger partial charge on any atom is 0.359 e. The Bertz CT molecular complexity index is 1150. The molecule has 0 aliphatic carbocycles. The molecule has 3 rings (SSSR count). The van der Waals surface area contributed by atoms with Gasteiger partial charge in [0.25, 0.3) is 11.5 Å². The zero-order valence-corrected chi connectivity index (χ0v) is 18.3. The number of benzene rings is 2. The number of para-hydroxylation sites is 1. The molecule has 32 heavy (non-hydrogen) atoms. The summed E-state index contributed by atoms with van der Waals surface area (Å²) in [5, 5.41) is 6.79. The van der Waals surface area contributed by atoms with Crippen LogP contribution in [-0.2, 0) is 16.1 Å². The Morgan fingerprint density at radius 2 is 1.69 bits per heavy atom. The summed E-state index contributed by atoms with van der Waals surface area (Å²) in [7, 11) is 0. The highest BCUT2D eigenvalue weighted by Crippen LogP contribution is 2.21. The first kappa shape index (κ1) is 22.7. The SMILES string of the molecule is Cc1cc(C)c(NC(=O)COC(=O)c2ccc(=O)n(CCOc3ccccc3)n2)c(C)c1. The molecule has 1 heterocycles. The number of carbonyl (C=O) groups is 2. The highest BCUT2D eigenvalue weighted by atomic mass is 16.5. The second-order valence-electron chi connectivity index (χ2n) is 7.34. The van der Waals surface area contributed by atoms with Crippen LogP contribution in [-0.4, -0.2) is 34.9 Å². The van der Waals surface area contributed by atoms with E-state index in [9.17, 15) is 14.4 Å². The molecule has 0 spiro atoms. The fraction of sp³-hybridized carbons (Fsp3) is 0.250. The second-order valence-corrected chi connectivity index (χ2v) is 7.34. The zero-order valence-electron chi connectivity index (χ0n) is 18.3. The highest BCUT2D eigenvalue weighted by molar-refractivity contribution is 5.95. The number of rotatable bonds is 8. The molecule has 0 fully saturated rings. The molecule has 0 saturated carbocycles. The predicted octanol–water partition coefficient (Wildman–Crippen LogP) is 3.04. The molecule has 0 unspecified atom stereocenters. The Labute approximate surface area is 185 Å². The quantitative estimate of drug-likeness (QED) is 0.546.